The molecule has 1 fully saturated rings. The number of hydrogen-bond acceptors (Lipinski definition) is 5. The van der Waals surface area contributed by atoms with Crippen molar-refractivity contribution in [1.29, 1.82) is 0 Å². The van der Waals surface area contributed by atoms with E-state index in [1.165, 1.54) is 24.2 Å². The predicted molar refractivity (Wildman–Crippen MR) is 97.9 cm³/mol. The first-order valence-electron chi connectivity index (χ1n) is 8.88. The molecular formula is C20H22NO4S-. The van der Waals surface area contributed by atoms with Crippen molar-refractivity contribution in [1.82, 2.24) is 5.32 Å². The summed E-state index contributed by atoms with van der Waals surface area (Å²) >= 11 is 1.50. The Balaban J connectivity index is 1.64. The summed E-state index contributed by atoms with van der Waals surface area (Å²) in [4.78, 5) is 24.3. The summed E-state index contributed by atoms with van der Waals surface area (Å²) in [5.74, 6) is -0.625. The van der Waals surface area contributed by atoms with E-state index < -0.39 is 12.0 Å². The molecule has 26 heavy (non-hydrogen) atoms. The lowest BCUT2D eigenvalue weighted by Crippen LogP contribution is -2.34. The van der Waals surface area contributed by atoms with Crippen LogP contribution in [0.1, 0.15) is 48.6 Å². The molecule has 0 saturated heterocycles. The van der Waals surface area contributed by atoms with Crippen molar-refractivity contribution in [3.63, 3.8) is 0 Å². The fourth-order valence-electron chi connectivity index (χ4n) is 3.21. The van der Waals surface area contributed by atoms with Crippen LogP contribution in [0, 0.1) is 0 Å². The predicted octanol–water partition coefficient (Wildman–Crippen LogP) is 2.61. The molecule has 2 aromatic rings. The van der Waals surface area contributed by atoms with E-state index in [1.54, 1.807) is 0 Å². The molecule has 1 aromatic carbocycles. The van der Waals surface area contributed by atoms with Crippen LogP contribution in [-0.4, -0.2) is 18.0 Å². The maximum atomic E-state index is 12.2. The average Bonchev–Trinajstić information content (AvgIpc) is 3.28. The van der Waals surface area contributed by atoms with E-state index in [2.05, 4.69) is 5.32 Å². The fourth-order valence-corrected chi connectivity index (χ4v) is 3.92. The average molecular weight is 372 g/mol. The van der Waals surface area contributed by atoms with Gasteiger partial charge in [0.2, 0.25) is 5.91 Å². The van der Waals surface area contributed by atoms with Crippen molar-refractivity contribution in [3.05, 3.63) is 52.2 Å². The summed E-state index contributed by atoms with van der Waals surface area (Å²) < 4.78 is 5.93. The molecule has 1 saturated carbocycles. The van der Waals surface area contributed by atoms with E-state index in [-0.39, 0.29) is 24.9 Å². The minimum atomic E-state index is -1.20. The number of rotatable bonds is 8. The molecule has 3 rings (SSSR count). The molecule has 0 aliphatic heterocycles. The van der Waals surface area contributed by atoms with Gasteiger partial charge in [-0.2, -0.15) is 0 Å². The molecule has 0 bridgehead atoms. The number of benzene rings is 1. The summed E-state index contributed by atoms with van der Waals surface area (Å²) in [6.45, 7) is 0. The number of thiophene rings is 1. The molecule has 0 spiro atoms. The van der Waals surface area contributed by atoms with Gasteiger partial charge in [0.25, 0.3) is 0 Å². The lowest BCUT2D eigenvalue weighted by Gasteiger charge is -2.20. The minimum Gasteiger partial charge on any atom is -0.550 e. The van der Waals surface area contributed by atoms with Crippen LogP contribution in [0.15, 0.2) is 41.8 Å². The zero-order valence-corrected chi connectivity index (χ0v) is 15.3. The first-order chi connectivity index (χ1) is 12.6. The first-order valence-corrected chi connectivity index (χ1v) is 9.76. The van der Waals surface area contributed by atoms with Gasteiger partial charge in [-0.25, -0.2) is 0 Å². The van der Waals surface area contributed by atoms with Crippen LogP contribution >= 0.6 is 11.3 Å². The Kier molecular flexibility index (Phi) is 6.28. The number of nitrogens with one attached hydrogen (secondary N) is 1. The zero-order valence-electron chi connectivity index (χ0n) is 14.5. The van der Waals surface area contributed by atoms with Crippen molar-refractivity contribution in [2.24, 2.45) is 0 Å². The molecule has 1 aliphatic rings. The molecule has 1 amide bonds. The van der Waals surface area contributed by atoms with Gasteiger partial charge < -0.3 is 20.0 Å². The number of hydrogen-bond donors (Lipinski definition) is 1. The Morgan fingerprint density at radius 3 is 2.54 bits per heavy atom. The summed E-state index contributed by atoms with van der Waals surface area (Å²) in [5, 5.41) is 15.8. The lowest BCUT2D eigenvalue weighted by molar-refractivity contribution is -0.306. The highest BCUT2D eigenvalue weighted by atomic mass is 32.1. The van der Waals surface area contributed by atoms with Crippen LogP contribution in [0.4, 0.5) is 0 Å². The maximum absolute atomic E-state index is 12.2. The minimum absolute atomic E-state index is 0.204. The summed E-state index contributed by atoms with van der Waals surface area (Å²) in [6, 6.07) is 10.4. The number of amides is 1. The van der Waals surface area contributed by atoms with Gasteiger partial charge in [-0.1, -0.05) is 18.2 Å². The maximum Gasteiger partial charge on any atom is 0.225 e. The van der Waals surface area contributed by atoms with E-state index in [9.17, 15) is 14.7 Å². The van der Waals surface area contributed by atoms with Gasteiger partial charge in [0.05, 0.1) is 18.6 Å². The highest BCUT2D eigenvalue weighted by Gasteiger charge is 2.18. The van der Waals surface area contributed by atoms with Crippen LogP contribution in [0.5, 0.6) is 5.75 Å². The van der Waals surface area contributed by atoms with Gasteiger partial charge >= 0.3 is 0 Å². The number of carboxylic acid groups (broad SMARTS) is 1. The van der Waals surface area contributed by atoms with Crippen LogP contribution in [0.3, 0.4) is 0 Å². The van der Waals surface area contributed by atoms with Gasteiger partial charge in [-0.15, -0.1) is 11.3 Å². The van der Waals surface area contributed by atoms with Gasteiger partial charge in [0.15, 0.2) is 0 Å². The Bertz CT molecular complexity index is 721. The molecule has 1 aromatic heterocycles. The van der Waals surface area contributed by atoms with E-state index in [1.807, 2.05) is 41.8 Å². The van der Waals surface area contributed by atoms with Gasteiger partial charge in [0, 0.05) is 17.3 Å². The molecular weight excluding hydrogens is 350 g/mol. The van der Waals surface area contributed by atoms with Crippen LogP contribution in [0.2, 0.25) is 0 Å². The first kappa shape index (κ1) is 18.5. The normalized spacial score (nSPS) is 15.5. The van der Waals surface area contributed by atoms with Crippen LogP contribution in [-0.2, 0) is 16.0 Å². The smallest absolute Gasteiger partial charge is 0.225 e. The number of aliphatic carboxylic acids is 1. The lowest BCUT2D eigenvalue weighted by atomic mass is 10.0. The monoisotopic (exact) mass is 372 g/mol. The molecule has 0 unspecified atom stereocenters. The van der Waals surface area contributed by atoms with Gasteiger partial charge in [-0.3, -0.25) is 4.79 Å². The second kappa shape index (κ2) is 8.85. The molecule has 6 heteroatoms. The molecule has 1 aliphatic carbocycles. The van der Waals surface area contributed by atoms with E-state index in [4.69, 9.17) is 4.74 Å². The van der Waals surface area contributed by atoms with Gasteiger partial charge in [0.1, 0.15) is 5.75 Å². The second-order valence-corrected chi connectivity index (χ2v) is 7.58. The standard InChI is InChI=1S/C20H23NO4S/c22-19(12-17-6-3-11-26-17)21-18(13-20(23)24)14-7-9-16(10-8-14)25-15-4-1-2-5-15/h3,6-11,15,18H,1-2,4-5,12-13H2,(H,21,22)(H,23,24)/p-1/t18-/m0/s1. The third-order valence-electron chi connectivity index (χ3n) is 4.51. The van der Waals surface area contributed by atoms with E-state index in [0.717, 1.165) is 29.0 Å². The van der Waals surface area contributed by atoms with Crippen molar-refractivity contribution in [2.75, 3.05) is 0 Å². The van der Waals surface area contributed by atoms with E-state index >= 15 is 0 Å². The Morgan fingerprint density at radius 1 is 1.19 bits per heavy atom. The van der Waals surface area contributed by atoms with Crippen LogP contribution < -0.4 is 15.2 Å². The third kappa shape index (κ3) is 5.33. The van der Waals surface area contributed by atoms with Gasteiger partial charge in [-0.05, 0) is 54.8 Å². The second-order valence-electron chi connectivity index (χ2n) is 6.55. The Labute approximate surface area is 157 Å². The molecule has 1 N–H and O–H groups in total. The Morgan fingerprint density at radius 2 is 1.92 bits per heavy atom. The van der Waals surface area contributed by atoms with Crippen molar-refractivity contribution in [3.8, 4) is 5.75 Å². The molecule has 0 radical (unpaired) electrons. The molecule has 1 heterocycles. The van der Waals surface area contributed by atoms with Crippen LogP contribution in [0.25, 0.3) is 0 Å². The summed E-state index contributed by atoms with van der Waals surface area (Å²) in [6.07, 6.45) is 4.80. The SMILES string of the molecule is O=C([O-])C[C@H](NC(=O)Cc1cccs1)c1ccc(OC2CCCC2)cc1. The number of ether oxygens (including phenoxy) is 1. The zero-order chi connectivity index (χ0) is 18.4. The van der Waals surface area contributed by atoms with E-state index in [0.29, 0.717) is 0 Å². The molecule has 1 atom stereocenters. The molecule has 5 nitrogen and oxygen atoms in total. The largest absolute Gasteiger partial charge is 0.550 e. The topological polar surface area (TPSA) is 78.5 Å². The summed E-state index contributed by atoms with van der Waals surface area (Å²) in [5.41, 5.74) is 0.729. The number of carbonyl (C=O) groups is 2. The number of carboxylic acids is 1. The highest BCUT2D eigenvalue weighted by molar-refractivity contribution is 7.10. The molecule has 138 valence electrons. The Hall–Kier alpha value is -2.34. The van der Waals surface area contributed by atoms with Crippen molar-refractivity contribution < 1.29 is 19.4 Å². The quantitative estimate of drug-likeness (QED) is 0.773. The van der Waals surface area contributed by atoms with Crippen molar-refractivity contribution >= 4 is 23.2 Å². The summed E-state index contributed by atoms with van der Waals surface area (Å²) in [7, 11) is 0. The third-order valence-corrected chi connectivity index (χ3v) is 5.38. The highest BCUT2D eigenvalue weighted by Crippen LogP contribution is 2.26. The fraction of sp³-hybridized carbons (Fsp3) is 0.400. The number of carbonyl (C=O) groups excluding carboxylic acids is 2. The van der Waals surface area contributed by atoms with Crippen molar-refractivity contribution in [2.45, 2.75) is 50.7 Å².